The molecule has 100 valence electrons. The van der Waals surface area contributed by atoms with Crippen LogP contribution in [0.1, 0.15) is 6.92 Å². The van der Waals surface area contributed by atoms with E-state index < -0.39 is 15.7 Å². The molecule has 2 unspecified atom stereocenters. The lowest BCUT2D eigenvalue weighted by molar-refractivity contribution is -0.383. The van der Waals surface area contributed by atoms with Crippen molar-refractivity contribution in [3.63, 3.8) is 0 Å². The van der Waals surface area contributed by atoms with E-state index in [1.54, 1.807) is 20.2 Å². The normalized spacial score (nSPS) is 13.7. The summed E-state index contributed by atoms with van der Waals surface area (Å²) in [6.45, 7) is 2.12. The molecule has 0 fully saturated rings. The van der Waals surface area contributed by atoms with E-state index >= 15 is 0 Å². The molecule has 0 aliphatic heterocycles. The molecule has 8 nitrogen and oxygen atoms in total. The Morgan fingerprint density at radius 3 is 2.61 bits per heavy atom. The molecule has 9 heteroatoms. The zero-order valence-electron chi connectivity index (χ0n) is 10.3. The summed E-state index contributed by atoms with van der Waals surface area (Å²) in [5.41, 5.74) is -0.214. The summed E-state index contributed by atoms with van der Waals surface area (Å²) in [5, 5.41) is 16.3. The van der Waals surface area contributed by atoms with Gasteiger partial charge in [-0.15, -0.1) is 0 Å². The highest BCUT2D eigenvalue weighted by atomic mass is 32.2. The monoisotopic (exact) mass is 273 g/mol. The van der Waals surface area contributed by atoms with Crippen LogP contribution >= 0.6 is 0 Å². The SMILES string of the molecule is CNc1ncnc(NCC(C)S(C)=O)c1[N+](=O)[O-]. The van der Waals surface area contributed by atoms with Crippen molar-refractivity contribution >= 4 is 28.1 Å². The van der Waals surface area contributed by atoms with Crippen molar-refractivity contribution in [2.24, 2.45) is 0 Å². The quantitative estimate of drug-likeness (QED) is 0.577. The number of anilines is 2. The second-order valence-corrected chi connectivity index (χ2v) is 5.42. The zero-order chi connectivity index (χ0) is 13.7. The van der Waals surface area contributed by atoms with Crippen molar-refractivity contribution in [1.82, 2.24) is 9.97 Å². The molecule has 1 aromatic heterocycles. The van der Waals surface area contributed by atoms with Gasteiger partial charge in [0, 0.05) is 35.9 Å². The Labute approximate surface area is 107 Å². The van der Waals surface area contributed by atoms with Gasteiger partial charge in [0.2, 0.25) is 11.6 Å². The van der Waals surface area contributed by atoms with E-state index in [-0.39, 0.29) is 22.6 Å². The molecule has 0 saturated heterocycles. The Morgan fingerprint density at radius 2 is 2.11 bits per heavy atom. The second kappa shape index (κ2) is 6.24. The van der Waals surface area contributed by atoms with Crippen LogP contribution in [0.3, 0.4) is 0 Å². The third-order valence-electron chi connectivity index (χ3n) is 2.37. The minimum absolute atomic E-state index is 0.122. The van der Waals surface area contributed by atoms with Crippen molar-refractivity contribution in [1.29, 1.82) is 0 Å². The van der Waals surface area contributed by atoms with E-state index in [4.69, 9.17) is 0 Å². The first-order valence-electron chi connectivity index (χ1n) is 5.20. The molecule has 0 saturated carbocycles. The van der Waals surface area contributed by atoms with Crippen LogP contribution in [0.5, 0.6) is 0 Å². The fraction of sp³-hybridized carbons (Fsp3) is 0.556. The van der Waals surface area contributed by atoms with Gasteiger partial charge in [-0.25, -0.2) is 9.97 Å². The van der Waals surface area contributed by atoms with Crippen LogP contribution in [0.4, 0.5) is 17.3 Å². The molecular formula is C9H15N5O3S. The first-order chi connectivity index (χ1) is 8.47. The molecule has 0 aliphatic carbocycles. The van der Waals surface area contributed by atoms with Gasteiger partial charge in [0.15, 0.2) is 0 Å². The van der Waals surface area contributed by atoms with Gasteiger partial charge in [-0.3, -0.25) is 14.3 Å². The highest BCUT2D eigenvalue weighted by molar-refractivity contribution is 7.84. The number of hydrogen-bond acceptors (Lipinski definition) is 7. The van der Waals surface area contributed by atoms with Gasteiger partial charge in [0.1, 0.15) is 6.33 Å². The highest BCUT2D eigenvalue weighted by Gasteiger charge is 2.22. The van der Waals surface area contributed by atoms with Gasteiger partial charge < -0.3 is 10.6 Å². The predicted octanol–water partition coefficient (Wildman–Crippen LogP) is 0.605. The third-order valence-corrected chi connectivity index (χ3v) is 3.67. The minimum atomic E-state index is -1.000. The molecule has 0 amide bonds. The van der Waals surface area contributed by atoms with Crippen LogP contribution in [0.2, 0.25) is 0 Å². The van der Waals surface area contributed by atoms with E-state index in [9.17, 15) is 14.3 Å². The van der Waals surface area contributed by atoms with Crippen LogP contribution < -0.4 is 10.6 Å². The predicted molar refractivity (Wildman–Crippen MR) is 70.3 cm³/mol. The highest BCUT2D eigenvalue weighted by Crippen LogP contribution is 2.28. The number of nitro groups is 1. The van der Waals surface area contributed by atoms with Crippen molar-refractivity contribution in [3.05, 3.63) is 16.4 Å². The van der Waals surface area contributed by atoms with Crippen LogP contribution in [-0.2, 0) is 10.8 Å². The Balaban J connectivity index is 2.95. The average Bonchev–Trinajstić information content (AvgIpc) is 2.34. The van der Waals surface area contributed by atoms with Crippen LogP contribution in [-0.4, -0.2) is 44.2 Å². The van der Waals surface area contributed by atoms with E-state index in [2.05, 4.69) is 20.6 Å². The van der Waals surface area contributed by atoms with Crippen LogP contribution in [0.15, 0.2) is 6.33 Å². The lowest BCUT2D eigenvalue weighted by Crippen LogP contribution is -2.21. The first-order valence-corrected chi connectivity index (χ1v) is 6.82. The van der Waals surface area contributed by atoms with Crippen LogP contribution in [0.25, 0.3) is 0 Å². The molecule has 0 aromatic carbocycles. The average molecular weight is 273 g/mol. The van der Waals surface area contributed by atoms with Crippen LogP contribution in [0, 0.1) is 10.1 Å². The van der Waals surface area contributed by atoms with Gasteiger partial charge in [0.05, 0.1) is 4.92 Å². The summed E-state index contributed by atoms with van der Waals surface area (Å²) >= 11 is 0. The Hall–Kier alpha value is -1.77. The van der Waals surface area contributed by atoms with Gasteiger partial charge in [-0.2, -0.15) is 0 Å². The minimum Gasteiger partial charge on any atom is -0.367 e. The molecule has 2 N–H and O–H groups in total. The Kier molecular flexibility index (Phi) is 4.95. The molecule has 0 bridgehead atoms. The molecule has 18 heavy (non-hydrogen) atoms. The number of rotatable bonds is 6. The number of nitrogens with one attached hydrogen (secondary N) is 2. The molecule has 1 heterocycles. The van der Waals surface area contributed by atoms with Gasteiger partial charge in [-0.1, -0.05) is 0 Å². The molecule has 0 aliphatic rings. The van der Waals surface area contributed by atoms with Crippen molar-refractivity contribution in [2.45, 2.75) is 12.2 Å². The summed E-state index contributed by atoms with van der Waals surface area (Å²) in [4.78, 5) is 18.0. The molecule has 0 spiro atoms. The molecule has 1 rings (SSSR count). The Morgan fingerprint density at radius 1 is 1.50 bits per heavy atom. The molecule has 2 atom stereocenters. The van der Waals surface area contributed by atoms with Crippen molar-refractivity contribution in [2.75, 3.05) is 30.5 Å². The molecule has 1 aromatic rings. The number of hydrogen-bond donors (Lipinski definition) is 2. The van der Waals surface area contributed by atoms with Crippen molar-refractivity contribution in [3.8, 4) is 0 Å². The Bertz CT molecular complexity index is 468. The summed E-state index contributed by atoms with van der Waals surface area (Å²) in [5.74, 6) is 0.263. The first kappa shape index (κ1) is 14.3. The molecule has 0 radical (unpaired) electrons. The molecular weight excluding hydrogens is 258 g/mol. The summed E-state index contributed by atoms with van der Waals surface area (Å²) in [7, 11) is 0.545. The summed E-state index contributed by atoms with van der Waals surface area (Å²) in [6.07, 6.45) is 2.81. The maximum absolute atomic E-state index is 11.2. The van der Waals surface area contributed by atoms with Crippen molar-refractivity contribution < 1.29 is 9.13 Å². The van der Waals surface area contributed by atoms with Gasteiger partial charge in [-0.05, 0) is 6.92 Å². The second-order valence-electron chi connectivity index (χ2n) is 3.62. The van der Waals surface area contributed by atoms with E-state index in [1.807, 2.05) is 0 Å². The zero-order valence-corrected chi connectivity index (χ0v) is 11.2. The maximum Gasteiger partial charge on any atom is 0.353 e. The summed E-state index contributed by atoms with van der Waals surface area (Å²) in [6, 6.07) is 0. The maximum atomic E-state index is 11.2. The van der Waals surface area contributed by atoms with Gasteiger partial charge in [0.25, 0.3) is 0 Å². The standard InChI is InChI=1S/C9H15N5O3S/c1-6(18(3)17)4-11-9-7(14(15)16)8(10-2)12-5-13-9/h5-6H,4H2,1-3H3,(H2,10,11,12,13). The lowest BCUT2D eigenvalue weighted by atomic mass is 10.4. The summed E-state index contributed by atoms with van der Waals surface area (Å²) < 4.78 is 11.2. The van der Waals surface area contributed by atoms with Gasteiger partial charge >= 0.3 is 5.69 Å². The smallest absolute Gasteiger partial charge is 0.353 e. The van der Waals surface area contributed by atoms with E-state index in [0.717, 1.165) is 0 Å². The third kappa shape index (κ3) is 3.36. The van der Waals surface area contributed by atoms with E-state index in [1.165, 1.54) is 6.33 Å². The topological polar surface area (TPSA) is 110 Å². The number of aromatic nitrogens is 2. The largest absolute Gasteiger partial charge is 0.367 e. The van der Waals surface area contributed by atoms with E-state index in [0.29, 0.717) is 6.54 Å². The lowest BCUT2D eigenvalue weighted by Gasteiger charge is -2.11. The fourth-order valence-electron chi connectivity index (χ4n) is 1.22. The number of nitrogens with zero attached hydrogens (tertiary/aromatic N) is 3. The fourth-order valence-corrected chi connectivity index (χ4v) is 1.54.